The molecular formula is C11H21NO. The molecule has 1 saturated heterocycles. The van der Waals surface area contributed by atoms with Gasteiger partial charge in [0, 0.05) is 12.1 Å². The van der Waals surface area contributed by atoms with Crippen molar-refractivity contribution in [3.8, 4) is 0 Å². The van der Waals surface area contributed by atoms with Crippen LogP contribution in [-0.2, 0) is 4.79 Å². The van der Waals surface area contributed by atoms with E-state index < -0.39 is 0 Å². The Morgan fingerprint density at radius 2 is 1.62 bits per heavy atom. The summed E-state index contributed by atoms with van der Waals surface area (Å²) in [6, 6.07) is 0. The molecule has 0 bridgehead atoms. The number of carbonyl (C=O) groups is 1. The minimum Gasteiger partial charge on any atom is -0.337 e. The van der Waals surface area contributed by atoms with E-state index in [1.165, 1.54) is 0 Å². The number of hydrogen-bond donors (Lipinski definition) is 0. The molecule has 1 heterocycles. The highest BCUT2D eigenvalue weighted by molar-refractivity contribution is 5.86. The molecule has 2 heteroatoms. The number of hydrogen-bond acceptors (Lipinski definition) is 1. The lowest BCUT2D eigenvalue weighted by Gasteiger charge is -2.51. The molecule has 1 fully saturated rings. The van der Waals surface area contributed by atoms with Gasteiger partial charge >= 0.3 is 0 Å². The molecule has 2 nitrogen and oxygen atoms in total. The van der Waals surface area contributed by atoms with Crippen molar-refractivity contribution in [1.29, 1.82) is 0 Å². The lowest BCUT2D eigenvalue weighted by molar-refractivity contribution is -0.162. The lowest BCUT2D eigenvalue weighted by atomic mass is 9.74. The molecule has 0 aromatic rings. The molecule has 1 unspecified atom stereocenters. The van der Waals surface area contributed by atoms with Crippen molar-refractivity contribution in [2.45, 2.75) is 47.1 Å². The topological polar surface area (TPSA) is 20.3 Å². The van der Waals surface area contributed by atoms with Crippen LogP contribution in [0.2, 0.25) is 0 Å². The number of rotatable bonds is 0. The number of amides is 1. The first kappa shape index (κ1) is 10.6. The monoisotopic (exact) mass is 183 g/mol. The van der Waals surface area contributed by atoms with Crippen LogP contribution in [-0.4, -0.2) is 22.9 Å². The molecule has 0 aromatic carbocycles. The van der Waals surface area contributed by atoms with E-state index in [4.69, 9.17) is 0 Å². The summed E-state index contributed by atoms with van der Waals surface area (Å²) < 4.78 is 0. The van der Waals surface area contributed by atoms with E-state index in [1.54, 1.807) is 0 Å². The normalized spacial score (nSPS) is 24.6. The van der Waals surface area contributed by atoms with Gasteiger partial charge in [-0.2, -0.15) is 0 Å². The summed E-state index contributed by atoms with van der Waals surface area (Å²) in [5, 5.41) is 0. The number of β-lactam (4-membered cyclic amide) rings is 1. The molecule has 1 amide bonds. The third-order valence-electron chi connectivity index (χ3n) is 2.78. The van der Waals surface area contributed by atoms with Crippen molar-refractivity contribution in [3.63, 3.8) is 0 Å². The number of nitrogens with zero attached hydrogens (tertiary/aromatic N) is 1. The standard InChI is InChI=1S/C11H21NO/c1-10(2,3)8-7-12(9(8)13)11(4,5)6/h8H,7H2,1-6H3. The van der Waals surface area contributed by atoms with Crippen molar-refractivity contribution in [3.05, 3.63) is 0 Å². The minimum absolute atomic E-state index is 0.00116. The number of likely N-dealkylation sites (tertiary alicyclic amines) is 1. The Labute approximate surface area is 81.3 Å². The highest BCUT2D eigenvalue weighted by atomic mass is 16.2. The van der Waals surface area contributed by atoms with Gasteiger partial charge in [0.1, 0.15) is 0 Å². The average Bonchev–Trinajstić information content (AvgIpc) is 1.77. The maximum atomic E-state index is 11.8. The summed E-state index contributed by atoms with van der Waals surface area (Å²) >= 11 is 0. The molecule has 76 valence electrons. The van der Waals surface area contributed by atoms with Crippen molar-refractivity contribution in [2.24, 2.45) is 11.3 Å². The van der Waals surface area contributed by atoms with Crippen LogP contribution in [0.4, 0.5) is 0 Å². The Morgan fingerprint density at radius 1 is 1.15 bits per heavy atom. The van der Waals surface area contributed by atoms with Gasteiger partial charge in [0.25, 0.3) is 0 Å². The summed E-state index contributed by atoms with van der Waals surface area (Å²) in [6.45, 7) is 13.6. The zero-order valence-electron chi connectivity index (χ0n) is 9.64. The van der Waals surface area contributed by atoms with Crippen LogP contribution in [0.1, 0.15) is 41.5 Å². The smallest absolute Gasteiger partial charge is 0.228 e. The fraction of sp³-hybridized carbons (Fsp3) is 0.909. The lowest BCUT2D eigenvalue weighted by Crippen LogP contribution is -2.63. The van der Waals surface area contributed by atoms with E-state index in [2.05, 4.69) is 41.5 Å². The summed E-state index contributed by atoms with van der Waals surface area (Å²) in [5.74, 6) is 0.548. The van der Waals surface area contributed by atoms with Crippen molar-refractivity contribution >= 4 is 5.91 Å². The van der Waals surface area contributed by atoms with Crippen molar-refractivity contribution < 1.29 is 4.79 Å². The molecule has 0 aromatic heterocycles. The van der Waals surface area contributed by atoms with Gasteiger partial charge in [0.05, 0.1) is 5.92 Å². The first-order valence-electron chi connectivity index (χ1n) is 4.95. The van der Waals surface area contributed by atoms with Gasteiger partial charge in [-0.1, -0.05) is 20.8 Å². The van der Waals surface area contributed by atoms with Gasteiger partial charge in [-0.05, 0) is 26.2 Å². The highest BCUT2D eigenvalue weighted by Gasteiger charge is 2.47. The van der Waals surface area contributed by atoms with Crippen LogP contribution in [0.5, 0.6) is 0 Å². The Morgan fingerprint density at radius 3 is 1.85 bits per heavy atom. The first-order valence-corrected chi connectivity index (χ1v) is 4.95. The molecule has 0 aliphatic carbocycles. The van der Waals surface area contributed by atoms with Crippen molar-refractivity contribution in [1.82, 2.24) is 4.90 Å². The van der Waals surface area contributed by atoms with E-state index in [0.29, 0.717) is 5.91 Å². The third kappa shape index (κ3) is 1.87. The first-order chi connectivity index (χ1) is 5.64. The maximum absolute atomic E-state index is 11.8. The van der Waals surface area contributed by atoms with Gasteiger partial charge in [0.15, 0.2) is 0 Å². The predicted molar refractivity (Wildman–Crippen MR) is 54.4 cm³/mol. The van der Waals surface area contributed by atoms with Crippen LogP contribution >= 0.6 is 0 Å². The Bertz CT molecular complexity index is 197. The van der Waals surface area contributed by atoms with Gasteiger partial charge in [-0.15, -0.1) is 0 Å². The maximum Gasteiger partial charge on any atom is 0.228 e. The number of carbonyl (C=O) groups excluding carboxylic acids is 1. The molecule has 1 aliphatic heterocycles. The van der Waals surface area contributed by atoms with E-state index >= 15 is 0 Å². The molecule has 0 radical (unpaired) electrons. The van der Waals surface area contributed by atoms with Crippen LogP contribution in [0, 0.1) is 11.3 Å². The molecular weight excluding hydrogens is 162 g/mol. The fourth-order valence-electron chi connectivity index (χ4n) is 1.68. The van der Waals surface area contributed by atoms with E-state index in [-0.39, 0.29) is 16.9 Å². The Balaban J connectivity index is 2.64. The van der Waals surface area contributed by atoms with Gasteiger partial charge < -0.3 is 4.90 Å². The van der Waals surface area contributed by atoms with E-state index in [9.17, 15) is 4.79 Å². The van der Waals surface area contributed by atoms with Crippen molar-refractivity contribution in [2.75, 3.05) is 6.54 Å². The Kier molecular flexibility index (Phi) is 2.21. The molecule has 0 N–H and O–H groups in total. The molecule has 1 aliphatic rings. The second-order valence-corrected chi connectivity index (χ2v) is 6.04. The van der Waals surface area contributed by atoms with E-state index in [0.717, 1.165) is 6.54 Å². The highest BCUT2D eigenvalue weighted by Crippen LogP contribution is 2.38. The molecule has 1 atom stereocenters. The molecule has 0 saturated carbocycles. The fourth-order valence-corrected chi connectivity index (χ4v) is 1.68. The van der Waals surface area contributed by atoms with Crippen LogP contribution in [0.15, 0.2) is 0 Å². The van der Waals surface area contributed by atoms with Crippen LogP contribution in [0.25, 0.3) is 0 Å². The quantitative estimate of drug-likeness (QED) is 0.528. The van der Waals surface area contributed by atoms with Crippen LogP contribution in [0.3, 0.4) is 0 Å². The Hall–Kier alpha value is -0.530. The second kappa shape index (κ2) is 2.73. The summed E-state index contributed by atoms with van der Waals surface area (Å²) in [6.07, 6.45) is 0. The summed E-state index contributed by atoms with van der Waals surface area (Å²) in [7, 11) is 0. The molecule has 0 spiro atoms. The van der Waals surface area contributed by atoms with Crippen LogP contribution < -0.4 is 0 Å². The zero-order chi connectivity index (χ0) is 10.4. The van der Waals surface area contributed by atoms with Gasteiger partial charge in [-0.25, -0.2) is 0 Å². The van der Waals surface area contributed by atoms with E-state index in [1.807, 2.05) is 4.90 Å². The minimum atomic E-state index is -0.00116. The molecule has 13 heavy (non-hydrogen) atoms. The van der Waals surface area contributed by atoms with Gasteiger partial charge in [-0.3, -0.25) is 4.79 Å². The second-order valence-electron chi connectivity index (χ2n) is 6.04. The third-order valence-corrected chi connectivity index (χ3v) is 2.78. The summed E-state index contributed by atoms with van der Waals surface area (Å²) in [4.78, 5) is 13.7. The summed E-state index contributed by atoms with van der Waals surface area (Å²) in [5.41, 5.74) is 0.123. The molecule has 1 rings (SSSR count). The zero-order valence-corrected chi connectivity index (χ0v) is 9.64. The SMILES string of the molecule is CC(C)(C)C1CN(C(C)(C)C)C1=O. The predicted octanol–water partition coefficient (Wildman–Crippen LogP) is 2.29. The van der Waals surface area contributed by atoms with Gasteiger partial charge in [0.2, 0.25) is 5.91 Å². The largest absolute Gasteiger partial charge is 0.337 e. The average molecular weight is 183 g/mol.